The third kappa shape index (κ3) is 3.97. The third-order valence-electron chi connectivity index (χ3n) is 2.44. The van der Waals surface area contributed by atoms with Crippen molar-refractivity contribution < 1.29 is 13.7 Å². The van der Waals surface area contributed by atoms with Crippen LogP contribution in [0.25, 0.3) is 0 Å². The van der Waals surface area contributed by atoms with E-state index in [1.165, 1.54) is 0 Å². The van der Waals surface area contributed by atoms with Gasteiger partial charge in [0.2, 0.25) is 0 Å². The van der Waals surface area contributed by atoms with Gasteiger partial charge in [-0.05, 0) is 32.4 Å². The smallest absolute Gasteiger partial charge is 0.306 e. The van der Waals surface area contributed by atoms with Gasteiger partial charge in [0.1, 0.15) is 0 Å². The van der Waals surface area contributed by atoms with E-state index in [0.717, 1.165) is 10.5 Å². The fourth-order valence-electron chi connectivity index (χ4n) is 1.53. The quantitative estimate of drug-likeness (QED) is 0.758. The van der Waals surface area contributed by atoms with Crippen LogP contribution in [-0.2, 0) is 20.3 Å². The van der Waals surface area contributed by atoms with Crippen LogP contribution in [0.2, 0.25) is 0 Å². The van der Waals surface area contributed by atoms with Crippen molar-refractivity contribution in [2.24, 2.45) is 0 Å². The molecule has 0 heterocycles. The van der Waals surface area contributed by atoms with Crippen LogP contribution in [0.15, 0.2) is 29.2 Å². The molecule has 0 fully saturated rings. The van der Waals surface area contributed by atoms with Gasteiger partial charge in [-0.3, -0.25) is 9.00 Å². The normalized spacial score (nSPS) is 14.1. The summed E-state index contributed by atoms with van der Waals surface area (Å²) in [7, 11) is -1.16. The third-order valence-corrected chi connectivity index (χ3v) is 4.22. The highest BCUT2D eigenvalue weighted by Gasteiger charge is 2.18. The number of aryl methyl sites for hydroxylation is 1. The predicted octanol–water partition coefficient (Wildman–Crippen LogP) is 2.44. The Morgan fingerprint density at radius 3 is 2.65 bits per heavy atom. The van der Waals surface area contributed by atoms with Crippen LogP contribution in [0, 0.1) is 6.92 Å². The van der Waals surface area contributed by atoms with Crippen LogP contribution in [0.4, 0.5) is 0 Å². The standard InChI is InChI=1S/C13H18O3S/c1-4-16-13(14)9-11(3)17(15)12-8-6-5-7-10(12)2/h5-8,11H,4,9H2,1-3H3. The maximum atomic E-state index is 12.2. The summed E-state index contributed by atoms with van der Waals surface area (Å²) in [6, 6.07) is 7.53. The molecule has 1 rings (SSSR count). The van der Waals surface area contributed by atoms with Crippen LogP contribution in [0.3, 0.4) is 0 Å². The Labute approximate surface area is 105 Å². The van der Waals surface area contributed by atoms with E-state index in [4.69, 9.17) is 4.74 Å². The van der Waals surface area contributed by atoms with E-state index in [2.05, 4.69) is 0 Å². The number of hydrogen-bond acceptors (Lipinski definition) is 3. The van der Waals surface area contributed by atoms with Crippen molar-refractivity contribution in [3.05, 3.63) is 29.8 Å². The molecule has 0 aliphatic carbocycles. The summed E-state index contributed by atoms with van der Waals surface area (Å²) in [4.78, 5) is 12.1. The molecule has 0 aliphatic rings. The van der Waals surface area contributed by atoms with Crippen molar-refractivity contribution in [2.45, 2.75) is 37.3 Å². The molecule has 0 aromatic heterocycles. The van der Waals surface area contributed by atoms with Crippen LogP contribution in [0.5, 0.6) is 0 Å². The highest BCUT2D eigenvalue weighted by molar-refractivity contribution is 7.85. The molecule has 0 spiro atoms. The first-order valence-electron chi connectivity index (χ1n) is 5.68. The van der Waals surface area contributed by atoms with Crippen LogP contribution < -0.4 is 0 Å². The summed E-state index contributed by atoms with van der Waals surface area (Å²) in [6.07, 6.45) is 0.189. The van der Waals surface area contributed by atoms with E-state index < -0.39 is 10.8 Å². The first-order valence-corrected chi connectivity index (χ1v) is 6.89. The molecule has 1 aromatic rings. The maximum Gasteiger partial charge on any atom is 0.306 e. The van der Waals surface area contributed by atoms with E-state index in [1.807, 2.05) is 31.2 Å². The summed E-state index contributed by atoms with van der Waals surface area (Å²) in [6.45, 7) is 5.85. The molecule has 0 saturated carbocycles. The zero-order chi connectivity index (χ0) is 12.8. The summed E-state index contributed by atoms with van der Waals surface area (Å²) in [5.41, 5.74) is 0.988. The number of rotatable bonds is 5. The monoisotopic (exact) mass is 254 g/mol. The summed E-state index contributed by atoms with van der Waals surface area (Å²) < 4.78 is 17.1. The Morgan fingerprint density at radius 2 is 2.06 bits per heavy atom. The lowest BCUT2D eigenvalue weighted by molar-refractivity contribution is -0.143. The zero-order valence-electron chi connectivity index (χ0n) is 10.4. The largest absolute Gasteiger partial charge is 0.466 e. The van der Waals surface area contributed by atoms with Gasteiger partial charge in [0.25, 0.3) is 0 Å². The van der Waals surface area contributed by atoms with Crippen molar-refractivity contribution in [1.29, 1.82) is 0 Å². The number of ether oxygens (including phenoxy) is 1. The minimum absolute atomic E-state index is 0.189. The van der Waals surface area contributed by atoms with Gasteiger partial charge in [0, 0.05) is 10.1 Å². The van der Waals surface area contributed by atoms with E-state index in [1.54, 1.807) is 13.8 Å². The molecule has 0 N–H and O–H groups in total. The second-order valence-corrected chi connectivity index (χ2v) is 5.72. The van der Waals surface area contributed by atoms with Gasteiger partial charge >= 0.3 is 5.97 Å². The molecule has 4 heteroatoms. The second-order valence-electron chi connectivity index (χ2n) is 3.88. The molecule has 0 amide bonds. The van der Waals surface area contributed by atoms with Crippen molar-refractivity contribution >= 4 is 16.8 Å². The van der Waals surface area contributed by atoms with E-state index in [0.29, 0.717) is 6.61 Å². The van der Waals surface area contributed by atoms with Crippen molar-refractivity contribution in [1.82, 2.24) is 0 Å². The summed E-state index contributed by atoms with van der Waals surface area (Å²) in [5.74, 6) is -0.290. The highest BCUT2D eigenvalue weighted by atomic mass is 32.2. The average molecular weight is 254 g/mol. The topological polar surface area (TPSA) is 43.4 Å². The van der Waals surface area contributed by atoms with Gasteiger partial charge in [-0.2, -0.15) is 0 Å². The molecule has 2 unspecified atom stereocenters. The molecule has 0 bridgehead atoms. The van der Waals surface area contributed by atoms with Crippen LogP contribution in [-0.4, -0.2) is 22.0 Å². The summed E-state index contributed by atoms with van der Waals surface area (Å²) >= 11 is 0. The molecule has 17 heavy (non-hydrogen) atoms. The molecule has 0 radical (unpaired) electrons. The van der Waals surface area contributed by atoms with Crippen molar-refractivity contribution in [3.63, 3.8) is 0 Å². The second kappa shape index (κ2) is 6.55. The molecule has 2 atom stereocenters. The lowest BCUT2D eigenvalue weighted by Crippen LogP contribution is -2.18. The Hall–Kier alpha value is -1.16. The molecule has 1 aromatic carbocycles. The Bertz CT molecular complexity index is 415. The van der Waals surface area contributed by atoms with Crippen molar-refractivity contribution in [3.8, 4) is 0 Å². The minimum Gasteiger partial charge on any atom is -0.466 e. The predicted molar refractivity (Wildman–Crippen MR) is 68.3 cm³/mol. The minimum atomic E-state index is -1.16. The van der Waals surface area contributed by atoms with Gasteiger partial charge in [-0.15, -0.1) is 0 Å². The lowest BCUT2D eigenvalue weighted by Gasteiger charge is -2.12. The molecule has 3 nitrogen and oxygen atoms in total. The zero-order valence-corrected chi connectivity index (χ0v) is 11.3. The fourth-order valence-corrected chi connectivity index (χ4v) is 2.85. The molecular formula is C13H18O3S. The van der Waals surface area contributed by atoms with E-state index >= 15 is 0 Å². The maximum absolute atomic E-state index is 12.2. The van der Waals surface area contributed by atoms with Crippen LogP contribution >= 0.6 is 0 Å². The van der Waals surface area contributed by atoms with E-state index in [9.17, 15) is 9.00 Å². The number of hydrogen-bond donors (Lipinski definition) is 0. The highest BCUT2D eigenvalue weighted by Crippen LogP contribution is 2.17. The summed E-state index contributed by atoms with van der Waals surface area (Å²) in [5, 5.41) is -0.227. The number of esters is 1. The Kier molecular flexibility index (Phi) is 5.35. The Balaban J connectivity index is 2.70. The SMILES string of the molecule is CCOC(=O)CC(C)S(=O)c1ccccc1C. The number of carbonyl (C=O) groups excluding carboxylic acids is 1. The molecule has 94 valence electrons. The van der Waals surface area contributed by atoms with Gasteiger partial charge in [0.05, 0.1) is 23.8 Å². The molecule has 0 aliphatic heterocycles. The average Bonchev–Trinajstić information content (AvgIpc) is 2.29. The molecule has 0 saturated heterocycles. The Morgan fingerprint density at radius 1 is 1.41 bits per heavy atom. The van der Waals surface area contributed by atoms with Gasteiger partial charge < -0.3 is 4.74 Å². The van der Waals surface area contributed by atoms with Gasteiger partial charge in [-0.1, -0.05) is 18.2 Å². The number of carbonyl (C=O) groups is 1. The number of benzene rings is 1. The lowest BCUT2D eigenvalue weighted by atomic mass is 10.2. The first kappa shape index (κ1) is 13.9. The molecular weight excluding hydrogens is 236 g/mol. The van der Waals surface area contributed by atoms with Gasteiger partial charge in [-0.25, -0.2) is 0 Å². The first-order chi connectivity index (χ1) is 8.06. The van der Waals surface area contributed by atoms with Crippen molar-refractivity contribution in [2.75, 3.05) is 6.61 Å². The van der Waals surface area contributed by atoms with Crippen LogP contribution in [0.1, 0.15) is 25.8 Å². The fraction of sp³-hybridized carbons (Fsp3) is 0.462. The van der Waals surface area contributed by atoms with E-state index in [-0.39, 0.29) is 17.6 Å². The van der Waals surface area contributed by atoms with Gasteiger partial charge in [0.15, 0.2) is 0 Å².